The summed E-state index contributed by atoms with van der Waals surface area (Å²) >= 11 is 0. The van der Waals surface area contributed by atoms with Gasteiger partial charge in [-0.25, -0.2) is 0 Å². The number of nitrogens with one attached hydrogen (secondary N) is 1. The fourth-order valence-corrected chi connectivity index (χ4v) is 1.69. The minimum Gasteiger partial charge on any atom is -0.370 e. The van der Waals surface area contributed by atoms with E-state index in [4.69, 9.17) is 10.5 Å². The third-order valence-electron chi connectivity index (χ3n) is 2.56. The SMILES string of the molecule is NC1CCC(OCc2nn[nH]n2)CC1. The summed E-state index contributed by atoms with van der Waals surface area (Å²) in [5, 5.41) is 13.5. The summed E-state index contributed by atoms with van der Waals surface area (Å²) in [7, 11) is 0. The van der Waals surface area contributed by atoms with Crippen LogP contribution >= 0.6 is 0 Å². The topological polar surface area (TPSA) is 89.7 Å². The van der Waals surface area contributed by atoms with Gasteiger partial charge in [0.05, 0.1) is 6.10 Å². The number of aromatic nitrogens is 4. The van der Waals surface area contributed by atoms with E-state index >= 15 is 0 Å². The number of H-pyrrole nitrogens is 1. The van der Waals surface area contributed by atoms with Crippen molar-refractivity contribution in [2.45, 2.75) is 44.4 Å². The van der Waals surface area contributed by atoms with Crippen LogP contribution in [0, 0.1) is 0 Å². The van der Waals surface area contributed by atoms with Crippen molar-refractivity contribution < 1.29 is 4.74 Å². The molecule has 0 atom stereocenters. The van der Waals surface area contributed by atoms with Crippen LogP contribution < -0.4 is 5.73 Å². The van der Waals surface area contributed by atoms with Gasteiger partial charge in [0.1, 0.15) is 6.61 Å². The summed E-state index contributed by atoms with van der Waals surface area (Å²) in [4.78, 5) is 0. The molecule has 0 saturated heterocycles. The Kier molecular flexibility index (Phi) is 3.05. The van der Waals surface area contributed by atoms with Crippen molar-refractivity contribution in [1.29, 1.82) is 0 Å². The molecule has 14 heavy (non-hydrogen) atoms. The molecule has 1 aromatic heterocycles. The van der Waals surface area contributed by atoms with Crippen LogP contribution in [0.15, 0.2) is 0 Å². The van der Waals surface area contributed by atoms with E-state index in [0.717, 1.165) is 25.7 Å². The van der Waals surface area contributed by atoms with Crippen LogP contribution in [-0.2, 0) is 11.3 Å². The Morgan fingerprint density at radius 1 is 1.36 bits per heavy atom. The molecule has 6 heteroatoms. The lowest BCUT2D eigenvalue weighted by Gasteiger charge is -2.25. The molecular weight excluding hydrogens is 182 g/mol. The van der Waals surface area contributed by atoms with E-state index in [-0.39, 0.29) is 0 Å². The molecule has 1 saturated carbocycles. The maximum atomic E-state index is 5.79. The fraction of sp³-hybridized carbons (Fsp3) is 0.875. The minimum atomic E-state index is 0.313. The van der Waals surface area contributed by atoms with Crippen molar-refractivity contribution in [2.75, 3.05) is 0 Å². The first-order valence-corrected chi connectivity index (χ1v) is 4.94. The second-order valence-corrected chi connectivity index (χ2v) is 3.68. The van der Waals surface area contributed by atoms with Gasteiger partial charge in [0.15, 0.2) is 5.82 Å². The molecule has 1 aliphatic carbocycles. The van der Waals surface area contributed by atoms with Crippen molar-refractivity contribution in [3.05, 3.63) is 5.82 Å². The van der Waals surface area contributed by atoms with Gasteiger partial charge in [0.2, 0.25) is 0 Å². The molecule has 6 nitrogen and oxygen atoms in total. The van der Waals surface area contributed by atoms with Crippen molar-refractivity contribution >= 4 is 0 Å². The average Bonchev–Trinajstić information content (AvgIpc) is 2.70. The monoisotopic (exact) mass is 197 g/mol. The summed E-state index contributed by atoms with van der Waals surface area (Å²) < 4.78 is 5.64. The number of ether oxygens (including phenoxy) is 1. The van der Waals surface area contributed by atoms with Crippen LogP contribution in [-0.4, -0.2) is 32.8 Å². The van der Waals surface area contributed by atoms with Crippen LogP contribution in [0.5, 0.6) is 0 Å². The highest BCUT2D eigenvalue weighted by Crippen LogP contribution is 2.20. The Bertz CT molecular complexity index is 255. The molecule has 0 radical (unpaired) electrons. The minimum absolute atomic E-state index is 0.313. The van der Waals surface area contributed by atoms with Crippen LogP contribution in [0.2, 0.25) is 0 Å². The first-order chi connectivity index (χ1) is 6.84. The first kappa shape index (κ1) is 9.54. The van der Waals surface area contributed by atoms with Gasteiger partial charge in [-0.2, -0.15) is 5.21 Å². The summed E-state index contributed by atoms with van der Waals surface area (Å²) in [5.74, 6) is 0.611. The number of rotatable bonds is 3. The normalized spacial score (nSPS) is 27.8. The standard InChI is InChI=1S/C8H15N5O/c9-6-1-3-7(4-2-6)14-5-8-10-12-13-11-8/h6-7H,1-5,9H2,(H,10,11,12,13). The van der Waals surface area contributed by atoms with Gasteiger partial charge < -0.3 is 10.5 Å². The van der Waals surface area contributed by atoms with Crippen molar-refractivity contribution in [3.63, 3.8) is 0 Å². The number of aromatic amines is 1. The van der Waals surface area contributed by atoms with Gasteiger partial charge in [-0.3, -0.25) is 0 Å². The summed E-state index contributed by atoms with van der Waals surface area (Å²) in [6, 6.07) is 0.361. The summed E-state index contributed by atoms with van der Waals surface area (Å²) in [6.45, 7) is 0.441. The Labute approximate surface area is 82.2 Å². The Hall–Kier alpha value is -1.01. The number of nitrogens with two attached hydrogens (primary N) is 1. The van der Waals surface area contributed by atoms with Gasteiger partial charge in [-0.05, 0) is 25.7 Å². The van der Waals surface area contributed by atoms with Crippen LogP contribution in [0.4, 0.5) is 0 Å². The second-order valence-electron chi connectivity index (χ2n) is 3.68. The molecule has 0 aliphatic heterocycles. The Balaban J connectivity index is 1.71. The quantitative estimate of drug-likeness (QED) is 0.711. The molecule has 2 rings (SSSR count). The number of tetrazole rings is 1. The maximum absolute atomic E-state index is 5.79. The lowest BCUT2D eigenvalue weighted by Crippen LogP contribution is -2.30. The molecule has 0 amide bonds. The van der Waals surface area contributed by atoms with Crippen LogP contribution in [0.1, 0.15) is 31.5 Å². The van der Waals surface area contributed by atoms with Gasteiger partial charge in [-0.1, -0.05) is 5.21 Å². The van der Waals surface area contributed by atoms with Gasteiger partial charge >= 0.3 is 0 Å². The zero-order valence-corrected chi connectivity index (χ0v) is 8.02. The third-order valence-corrected chi connectivity index (χ3v) is 2.56. The maximum Gasteiger partial charge on any atom is 0.200 e. The molecule has 0 aromatic carbocycles. The van der Waals surface area contributed by atoms with Gasteiger partial charge in [0, 0.05) is 6.04 Å². The van der Waals surface area contributed by atoms with Crippen LogP contribution in [0.3, 0.4) is 0 Å². The highest BCUT2D eigenvalue weighted by molar-refractivity contribution is 4.76. The van der Waals surface area contributed by atoms with E-state index in [1.807, 2.05) is 0 Å². The van der Waals surface area contributed by atoms with Crippen molar-refractivity contribution in [3.8, 4) is 0 Å². The molecule has 3 N–H and O–H groups in total. The van der Waals surface area contributed by atoms with Crippen molar-refractivity contribution in [2.24, 2.45) is 5.73 Å². The average molecular weight is 197 g/mol. The summed E-state index contributed by atoms with van der Waals surface area (Å²) in [5.41, 5.74) is 5.79. The summed E-state index contributed by atoms with van der Waals surface area (Å²) in [6.07, 6.45) is 4.50. The largest absolute Gasteiger partial charge is 0.370 e. The smallest absolute Gasteiger partial charge is 0.200 e. The third kappa shape index (κ3) is 2.49. The molecule has 1 fully saturated rings. The molecule has 78 valence electrons. The second kappa shape index (κ2) is 4.47. The molecule has 1 aliphatic rings. The molecule has 1 heterocycles. The number of hydrogen-bond acceptors (Lipinski definition) is 5. The zero-order chi connectivity index (χ0) is 9.80. The van der Waals surface area contributed by atoms with Crippen molar-refractivity contribution in [1.82, 2.24) is 20.6 Å². The molecule has 0 bridgehead atoms. The van der Waals surface area contributed by atoms with E-state index in [1.54, 1.807) is 0 Å². The lowest BCUT2D eigenvalue weighted by atomic mass is 9.94. The van der Waals surface area contributed by atoms with E-state index in [9.17, 15) is 0 Å². The predicted octanol–water partition coefficient (Wildman–Crippen LogP) is -0.0138. The Morgan fingerprint density at radius 2 is 2.14 bits per heavy atom. The van der Waals surface area contributed by atoms with E-state index < -0.39 is 0 Å². The fourth-order valence-electron chi connectivity index (χ4n) is 1.69. The van der Waals surface area contributed by atoms with Gasteiger partial charge in [-0.15, -0.1) is 10.2 Å². The van der Waals surface area contributed by atoms with E-state index in [1.165, 1.54) is 0 Å². The van der Waals surface area contributed by atoms with E-state index in [2.05, 4.69) is 20.6 Å². The lowest BCUT2D eigenvalue weighted by molar-refractivity contribution is 0.0106. The van der Waals surface area contributed by atoms with Crippen LogP contribution in [0.25, 0.3) is 0 Å². The molecule has 0 unspecified atom stereocenters. The zero-order valence-electron chi connectivity index (χ0n) is 8.02. The predicted molar refractivity (Wildman–Crippen MR) is 49.2 cm³/mol. The first-order valence-electron chi connectivity index (χ1n) is 4.94. The highest BCUT2D eigenvalue weighted by Gasteiger charge is 2.19. The number of nitrogens with zero attached hydrogens (tertiary/aromatic N) is 3. The number of hydrogen-bond donors (Lipinski definition) is 2. The van der Waals surface area contributed by atoms with Gasteiger partial charge in [0.25, 0.3) is 0 Å². The van der Waals surface area contributed by atoms with E-state index in [0.29, 0.717) is 24.6 Å². The molecular formula is C8H15N5O. The molecule has 0 spiro atoms. The highest BCUT2D eigenvalue weighted by atomic mass is 16.5. The Morgan fingerprint density at radius 3 is 2.79 bits per heavy atom. The molecule has 1 aromatic rings.